The third kappa shape index (κ3) is 3.65. The molecule has 1 saturated heterocycles. The maximum atomic E-state index is 5.22. The van der Waals surface area contributed by atoms with Crippen molar-refractivity contribution >= 4 is 17.7 Å². The van der Waals surface area contributed by atoms with Crippen LogP contribution in [0.4, 0.5) is 0 Å². The molecule has 0 bridgehead atoms. The van der Waals surface area contributed by atoms with Crippen LogP contribution < -0.4 is 5.32 Å². The van der Waals surface area contributed by atoms with Gasteiger partial charge >= 0.3 is 0 Å². The van der Waals surface area contributed by atoms with Crippen LogP contribution in [0.25, 0.3) is 0 Å². The van der Waals surface area contributed by atoms with E-state index >= 15 is 0 Å². The highest BCUT2D eigenvalue weighted by Gasteiger charge is 2.08. The minimum atomic E-state index is 0.873. The summed E-state index contributed by atoms with van der Waals surface area (Å²) in [6, 6.07) is 0. The first-order valence-electron chi connectivity index (χ1n) is 3.90. The summed E-state index contributed by atoms with van der Waals surface area (Å²) in [5.41, 5.74) is 1.57. The monoisotopic (exact) mass is 174 g/mol. The maximum Gasteiger partial charge on any atom is 0.0615 e. The lowest BCUT2D eigenvalue weighted by Gasteiger charge is -2.26. The number of hydrogen-bond acceptors (Lipinski definition) is 3. The zero-order valence-electron chi connectivity index (χ0n) is 6.58. The van der Waals surface area contributed by atoms with Crippen LogP contribution >= 0.6 is 12.2 Å². The standard InChI is InChI=1S/C7H14N2OS/c11-7-8-1-2-9-3-5-10-6-4-9/h7H,1-6H2,(H,8,11). The third-order valence-electron chi connectivity index (χ3n) is 1.76. The van der Waals surface area contributed by atoms with E-state index < -0.39 is 0 Å². The van der Waals surface area contributed by atoms with E-state index in [0.717, 1.165) is 39.4 Å². The Morgan fingerprint density at radius 2 is 2.18 bits per heavy atom. The van der Waals surface area contributed by atoms with Crippen molar-refractivity contribution in [1.29, 1.82) is 0 Å². The van der Waals surface area contributed by atoms with Gasteiger partial charge in [0.2, 0.25) is 0 Å². The molecule has 0 unspecified atom stereocenters. The van der Waals surface area contributed by atoms with Crippen molar-refractivity contribution in [3.05, 3.63) is 0 Å². The number of nitrogens with one attached hydrogen (secondary N) is 1. The second kappa shape index (κ2) is 5.46. The van der Waals surface area contributed by atoms with Gasteiger partial charge in [-0.25, -0.2) is 0 Å². The molecule has 0 amide bonds. The number of thiocarbonyl (C=S) groups is 1. The molecule has 3 nitrogen and oxygen atoms in total. The van der Waals surface area contributed by atoms with Crippen molar-refractivity contribution in [2.45, 2.75) is 0 Å². The minimum Gasteiger partial charge on any atom is -0.381 e. The van der Waals surface area contributed by atoms with Crippen molar-refractivity contribution in [2.75, 3.05) is 39.4 Å². The highest BCUT2D eigenvalue weighted by Crippen LogP contribution is 1.94. The maximum absolute atomic E-state index is 5.22. The van der Waals surface area contributed by atoms with Gasteiger partial charge in [0.1, 0.15) is 0 Å². The summed E-state index contributed by atoms with van der Waals surface area (Å²) in [5.74, 6) is 0. The lowest BCUT2D eigenvalue weighted by molar-refractivity contribution is 0.0390. The number of morpholine rings is 1. The molecular formula is C7H14N2OS. The normalized spacial score (nSPS) is 19.6. The predicted octanol–water partition coefficient (Wildman–Crippen LogP) is -0.135. The Bertz CT molecular complexity index is 115. The van der Waals surface area contributed by atoms with Gasteiger partial charge in [0.05, 0.1) is 18.7 Å². The molecule has 0 spiro atoms. The van der Waals surface area contributed by atoms with E-state index in [2.05, 4.69) is 22.4 Å². The van der Waals surface area contributed by atoms with E-state index in [1.165, 1.54) is 0 Å². The third-order valence-corrected chi connectivity index (χ3v) is 1.93. The van der Waals surface area contributed by atoms with E-state index in [9.17, 15) is 0 Å². The van der Waals surface area contributed by atoms with Gasteiger partial charge < -0.3 is 10.1 Å². The summed E-state index contributed by atoms with van der Waals surface area (Å²) in [7, 11) is 0. The molecule has 0 aromatic carbocycles. The average molecular weight is 174 g/mol. The summed E-state index contributed by atoms with van der Waals surface area (Å²) in [5, 5.41) is 3.00. The molecule has 4 heteroatoms. The molecule has 11 heavy (non-hydrogen) atoms. The summed E-state index contributed by atoms with van der Waals surface area (Å²) >= 11 is 4.64. The highest BCUT2D eigenvalue weighted by atomic mass is 32.1. The van der Waals surface area contributed by atoms with Crippen LogP contribution in [-0.2, 0) is 4.74 Å². The summed E-state index contributed by atoms with van der Waals surface area (Å²) < 4.78 is 5.22. The van der Waals surface area contributed by atoms with Crippen molar-refractivity contribution in [3.63, 3.8) is 0 Å². The Labute approximate surface area is 72.7 Å². The number of hydrogen-bond donors (Lipinski definition) is 1. The SMILES string of the molecule is S=CNCCN1CCOCC1. The molecule has 0 aromatic rings. The van der Waals surface area contributed by atoms with Gasteiger partial charge in [-0.1, -0.05) is 12.2 Å². The van der Waals surface area contributed by atoms with Crippen molar-refractivity contribution in [1.82, 2.24) is 10.2 Å². The number of rotatable bonds is 4. The van der Waals surface area contributed by atoms with Gasteiger partial charge in [-0.2, -0.15) is 0 Å². The van der Waals surface area contributed by atoms with Crippen LogP contribution in [-0.4, -0.2) is 49.8 Å². The van der Waals surface area contributed by atoms with Crippen molar-refractivity contribution in [2.24, 2.45) is 0 Å². The Balaban J connectivity index is 2.00. The molecule has 1 heterocycles. The summed E-state index contributed by atoms with van der Waals surface area (Å²) in [6.07, 6.45) is 0. The fourth-order valence-electron chi connectivity index (χ4n) is 1.11. The zero-order valence-corrected chi connectivity index (χ0v) is 7.40. The van der Waals surface area contributed by atoms with Crippen LogP contribution in [0, 0.1) is 0 Å². The van der Waals surface area contributed by atoms with Crippen molar-refractivity contribution < 1.29 is 4.74 Å². The quantitative estimate of drug-likeness (QED) is 0.474. The lowest BCUT2D eigenvalue weighted by atomic mass is 10.4. The van der Waals surface area contributed by atoms with Gasteiger partial charge in [-0.15, -0.1) is 0 Å². The molecule has 0 atom stereocenters. The summed E-state index contributed by atoms with van der Waals surface area (Å²) in [4.78, 5) is 2.37. The van der Waals surface area contributed by atoms with Crippen LogP contribution in [0.2, 0.25) is 0 Å². The second-order valence-electron chi connectivity index (χ2n) is 2.53. The smallest absolute Gasteiger partial charge is 0.0615 e. The molecule has 0 radical (unpaired) electrons. The Morgan fingerprint density at radius 3 is 2.82 bits per heavy atom. The van der Waals surface area contributed by atoms with Crippen LogP contribution in [0.3, 0.4) is 0 Å². The Morgan fingerprint density at radius 1 is 1.45 bits per heavy atom. The van der Waals surface area contributed by atoms with Crippen LogP contribution in [0.1, 0.15) is 0 Å². The second-order valence-corrected chi connectivity index (χ2v) is 2.76. The first kappa shape index (κ1) is 8.90. The number of nitrogens with zero attached hydrogens (tertiary/aromatic N) is 1. The Hall–Kier alpha value is -0.190. The molecule has 64 valence electrons. The molecule has 1 fully saturated rings. The fourth-order valence-corrected chi connectivity index (χ4v) is 1.22. The van der Waals surface area contributed by atoms with E-state index in [1.807, 2.05) is 0 Å². The molecule has 0 saturated carbocycles. The van der Waals surface area contributed by atoms with E-state index in [4.69, 9.17) is 4.74 Å². The first-order valence-corrected chi connectivity index (χ1v) is 4.38. The Kier molecular flexibility index (Phi) is 4.42. The topological polar surface area (TPSA) is 24.5 Å². The first-order chi connectivity index (χ1) is 5.43. The molecule has 1 aliphatic heterocycles. The number of ether oxygens (including phenoxy) is 1. The highest BCUT2D eigenvalue weighted by molar-refractivity contribution is 7.78. The van der Waals surface area contributed by atoms with Gasteiger partial charge in [-0.05, 0) is 0 Å². The minimum absolute atomic E-state index is 0.873. The molecule has 1 aliphatic rings. The average Bonchev–Trinajstić information content (AvgIpc) is 2.07. The fraction of sp³-hybridized carbons (Fsp3) is 0.857. The van der Waals surface area contributed by atoms with E-state index in [0.29, 0.717) is 0 Å². The van der Waals surface area contributed by atoms with E-state index in [1.54, 1.807) is 5.49 Å². The zero-order chi connectivity index (χ0) is 7.94. The lowest BCUT2D eigenvalue weighted by Crippen LogP contribution is -2.39. The molecule has 1 rings (SSSR count). The molecule has 1 N–H and O–H groups in total. The molecule has 0 aliphatic carbocycles. The largest absolute Gasteiger partial charge is 0.381 e. The van der Waals surface area contributed by atoms with E-state index in [-0.39, 0.29) is 0 Å². The predicted molar refractivity (Wildman–Crippen MR) is 48.9 cm³/mol. The van der Waals surface area contributed by atoms with Gasteiger partial charge in [0.25, 0.3) is 0 Å². The molecular weight excluding hydrogens is 160 g/mol. The molecule has 0 aromatic heterocycles. The van der Waals surface area contributed by atoms with Crippen molar-refractivity contribution in [3.8, 4) is 0 Å². The van der Waals surface area contributed by atoms with Gasteiger partial charge in [0.15, 0.2) is 0 Å². The van der Waals surface area contributed by atoms with Gasteiger partial charge in [0, 0.05) is 26.2 Å². The summed E-state index contributed by atoms with van der Waals surface area (Å²) in [6.45, 7) is 5.87. The van der Waals surface area contributed by atoms with Gasteiger partial charge in [-0.3, -0.25) is 4.90 Å². The van der Waals surface area contributed by atoms with Crippen LogP contribution in [0.5, 0.6) is 0 Å². The van der Waals surface area contributed by atoms with Crippen LogP contribution in [0.15, 0.2) is 0 Å².